The second-order valence-corrected chi connectivity index (χ2v) is 9.40. The summed E-state index contributed by atoms with van der Waals surface area (Å²) in [6.07, 6.45) is 4.22. The number of nitrogens with one attached hydrogen (secondary N) is 1. The predicted molar refractivity (Wildman–Crippen MR) is 126 cm³/mol. The van der Waals surface area contributed by atoms with E-state index in [0.717, 1.165) is 25.2 Å². The maximum Gasteiger partial charge on any atom is 0.241 e. The molecule has 0 aromatic heterocycles. The van der Waals surface area contributed by atoms with Crippen molar-refractivity contribution >= 4 is 22.0 Å². The molecule has 0 spiro atoms. The molecule has 172 valence electrons. The number of carbonyl (C=O) groups excluding carboxylic acids is 1. The van der Waals surface area contributed by atoms with Crippen molar-refractivity contribution < 1.29 is 17.9 Å². The van der Waals surface area contributed by atoms with Gasteiger partial charge in [0, 0.05) is 32.7 Å². The molecule has 1 heterocycles. The quantitative estimate of drug-likeness (QED) is 0.626. The number of sulfonamides is 1. The lowest BCUT2D eigenvalue weighted by Crippen LogP contribution is -2.54. The molecule has 1 aliphatic rings. The number of nitrogens with zero attached hydrogens (tertiary/aromatic N) is 2. The smallest absolute Gasteiger partial charge is 0.241 e. The fourth-order valence-electron chi connectivity index (χ4n) is 3.56. The standard InChI is InChI=1S/C24H31N3O4S/c1-3-31-22-11-13-23(14-12-22)32(29,30)25-20(2)24(28)27-18-16-26(17-19-27)15-7-10-21-8-5-4-6-9-21/h4-14,20,25H,3,15-19H2,1-2H3/b10-7+/t20-/m1/s1. The molecule has 3 rings (SSSR count). The van der Waals surface area contributed by atoms with Crippen LogP contribution in [-0.2, 0) is 14.8 Å². The van der Waals surface area contributed by atoms with Crippen LogP contribution in [0.3, 0.4) is 0 Å². The Bertz CT molecular complexity index is 999. The molecule has 1 saturated heterocycles. The minimum atomic E-state index is -3.80. The van der Waals surface area contributed by atoms with Crippen molar-refractivity contribution in [1.29, 1.82) is 0 Å². The molecule has 2 aromatic carbocycles. The van der Waals surface area contributed by atoms with Gasteiger partial charge in [0.25, 0.3) is 0 Å². The van der Waals surface area contributed by atoms with Gasteiger partial charge in [0.2, 0.25) is 15.9 Å². The lowest BCUT2D eigenvalue weighted by molar-refractivity contribution is -0.134. The summed E-state index contributed by atoms with van der Waals surface area (Å²) in [5.41, 5.74) is 1.16. The highest BCUT2D eigenvalue weighted by Crippen LogP contribution is 2.16. The molecule has 1 atom stereocenters. The first-order valence-corrected chi connectivity index (χ1v) is 12.4. The number of amides is 1. The van der Waals surface area contributed by atoms with Crippen molar-refractivity contribution in [2.24, 2.45) is 0 Å². The molecule has 1 N–H and O–H groups in total. The highest BCUT2D eigenvalue weighted by Gasteiger charge is 2.28. The van der Waals surface area contributed by atoms with Crippen LogP contribution in [0, 0.1) is 0 Å². The van der Waals surface area contributed by atoms with E-state index in [4.69, 9.17) is 4.74 Å². The van der Waals surface area contributed by atoms with E-state index in [0.29, 0.717) is 25.4 Å². The van der Waals surface area contributed by atoms with Gasteiger partial charge in [0.05, 0.1) is 17.5 Å². The van der Waals surface area contributed by atoms with Crippen LogP contribution in [0.25, 0.3) is 6.08 Å². The summed E-state index contributed by atoms with van der Waals surface area (Å²) in [6, 6.07) is 15.5. The topological polar surface area (TPSA) is 78.9 Å². The van der Waals surface area contributed by atoms with Crippen LogP contribution in [0.15, 0.2) is 65.6 Å². The number of carbonyl (C=O) groups is 1. The van der Waals surface area contributed by atoms with E-state index in [1.54, 1.807) is 24.0 Å². The summed E-state index contributed by atoms with van der Waals surface area (Å²) in [4.78, 5) is 16.9. The van der Waals surface area contributed by atoms with Gasteiger partial charge in [-0.1, -0.05) is 42.5 Å². The number of hydrogen-bond donors (Lipinski definition) is 1. The molecule has 2 aromatic rings. The molecular weight excluding hydrogens is 426 g/mol. The maximum absolute atomic E-state index is 12.8. The van der Waals surface area contributed by atoms with Crippen molar-refractivity contribution in [3.05, 3.63) is 66.2 Å². The van der Waals surface area contributed by atoms with Crippen LogP contribution in [0.1, 0.15) is 19.4 Å². The predicted octanol–water partition coefficient (Wildman–Crippen LogP) is 2.61. The second-order valence-electron chi connectivity index (χ2n) is 7.69. The first-order valence-electron chi connectivity index (χ1n) is 10.9. The van der Waals surface area contributed by atoms with Gasteiger partial charge >= 0.3 is 0 Å². The van der Waals surface area contributed by atoms with Crippen molar-refractivity contribution in [1.82, 2.24) is 14.5 Å². The van der Waals surface area contributed by atoms with E-state index in [2.05, 4.69) is 33.9 Å². The summed E-state index contributed by atoms with van der Waals surface area (Å²) < 4.78 is 33.1. The fraction of sp³-hybridized carbons (Fsp3) is 0.375. The molecule has 0 unspecified atom stereocenters. The Morgan fingerprint density at radius 2 is 1.72 bits per heavy atom. The maximum atomic E-state index is 12.8. The molecule has 1 aliphatic heterocycles. The third kappa shape index (κ3) is 6.66. The lowest BCUT2D eigenvalue weighted by Gasteiger charge is -2.35. The highest BCUT2D eigenvalue weighted by atomic mass is 32.2. The Hall–Kier alpha value is -2.68. The summed E-state index contributed by atoms with van der Waals surface area (Å²) in [5.74, 6) is 0.394. The van der Waals surface area contributed by atoms with Crippen LogP contribution >= 0.6 is 0 Å². The Morgan fingerprint density at radius 1 is 1.06 bits per heavy atom. The minimum absolute atomic E-state index is 0.107. The lowest BCUT2D eigenvalue weighted by atomic mass is 10.2. The normalized spacial score (nSPS) is 16.2. The van der Waals surface area contributed by atoms with Gasteiger partial charge in [-0.2, -0.15) is 4.72 Å². The van der Waals surface area contributed by atoms with E-state index < -0.39 is 16.1 Å². The number of hydrogen-bond acceptors (Lipinski definition) is 5. The molecule has 7 nitrogen and oxygen atoms in total. The number of benzene rings is 2. The van der Waals surface area contributed by atoms with Crippen molar-refractivity contribution in [2.75, 3.05) is 39.3 Å². The van der Waals surface area contributed by atoms with E-state index in [1.807, 2.05) is 25.1 Å². The van der Waals surface area contributed by atoms with Gasteiger partial charge in [0.15, 0.2) is 0 Å². The number of ether oxygens (including phenoxy) is 1. The Morgan fingerprint density at radius 3 is 2.34 bits per heavy atom. The zero-order valence-electron chi connectivity index (χ0n) is 18.6. The van der Waals surface area contributed by atoms with Crippen LogP contribution in [-0.4, -0.2) is 69.5 Å². The highest BCUT2D eigenvalue weighted by molar-refractivity contribution is 7.89. The first-order chi connectivity index (χ1) is 15.4. The molecule has 1 fully saturated rings. The Kier molecular flexibility index (Phi) is 8.44. The molecular formula is C24H31N3O4S. The molecule has 1 amide bonds. The van der Waals surface area contributed by atoms with Crippen molar-refractivity contribution in [3.8, 4) is 5.75 Å². The third-order valence-electron chi connectivity index (χ3n) is 5.30. The molecule has 32 heavy (non-hydrogen) atoms. The van der Waals surface area contributed by atoms with E-state index in [1.165, 1.54) is 12.1 Å². The van der Waals surface area contributed by atoms with Gasteiger partial charge in [-0.25, -0.2) is 8.42 Å². The summed E-state index contributed by atoms with van der Waals surface area (Å²) >= 11 is 0. The monoisotopic (exact) mass is 457 g/mol. The molecule has 0 saturated carbocycles. The Labute approximate surface area is 190 Å². The van der Waals surface area contributed by atoms with Crippen molar-refractivity contribution in [2.45, 2.75) is 24.8 Å². The average molecular weight is 458 g/mol. The number of piperazine rings is 1. The SMILES string of the molecule is CCOc1ccc(S(=O)(=O)N[C@H](C)C(=O)N2CCN(C/C=C/c3ccccc3)CC2)cc1. The molecule has 0 bridgehead atoms. The number of rotatable bonds is 9. The van der Waals surface area contributed by atoms with Gasteiger partial charge < -0.3 is 9.64 Å². The van der Waals surface area contributed by atoms with Crippen molar-refractivity contribution in [3.63, 3.8) is 0 Å². The zero-order valence-corrected chi connectivity index (χ0v) is 19.4. The van der Waals surface area contributed by atoms with Gasteiger partial charge in [-0.15, -0.1) is 0 Å². The van der Waals surface area contributed by atoms with Gasteiger partial charge in [-0.05, 0) is 43.7 Å². The second kappa shape index (κ2) is 11.3. The minimum Gasteiger partial charge on any atom is -0.494 e. The zero-order chi connectivity index (χ0) is 23.0. The summed E-state index contributed by atoms with van der Waals surface area (Å²) in [5, 5.41) is 0. The Balaban J connectivity index is 1.48. The largest absolute Gasteiger partial charge is 0.494 e. The fourth-order valence-corrected chi connectivity index (χ4v) is 4.76. The molecule has 0 aliphatic carbocycles. The average Bonchev–Trinajstić information content (AvgIpc) is 2.80. The third-order valence-corrected chi connectivity index (χ3v) is 6.86. The molecule has 0 radical (unpaired) electrons. The van der Waals surface area contributed by atoms with Crippen LogP contribution in [0.4, 0.5) is 0 Å². The van der Waals surface area contributed by atoms with Crippen LogP contribution in [0.5, 0.6) is 5.75 Å². The van der Waals surface area contributed by atoms with Gasteiger partial charge in [-0.3, -0.25) is 9.69 Å². The van der Waals surface area contributed by atoms with E-state index in [-0.39, 0.29) is 10.8 Å². The van der Waals surface area contributed by atoms with E-state index in [9.17, 15) is 13.2 Å². The summed E-state index contributed by atoms with van der Waals surface area (Å²) in [6.45, 7) is 7.43. The van der Waals surface area contributed by atoms with Crippen LogP contribution < -0.4 is 9.46 Å². The first kappa shape index (κ1) is 24.0. The van der Waals surface area contributed by atoms with Crippen LogP contribution in [0.2, 0.25) is 0 Å². The van der Waals surface area contributed by atoms with Gasteiger partial charge in [0.1, 0.15) is 5.75 Å². The van der Waals surface area contributed by atoms with E-state index >= 15 is 0 Å². The summed E-state index contributed by atoms with van der Waals surface area (Å²) in [7, 11) is -3.80. The molecule has 8 heteroatoms.